The smallest absolute Gasteiger partial charge is 0.243 e. The maximum absolute atomic E-state index is 14.2. The molecule has 2 bridgehead atoms. The number of hydrogen-bond acceptors (Lipinski definition) is 5. The first kappa shape index (κ1) is 26.3. The summed E-state index contributed by atoms with van der Waals surface area (Å²) < 4.78 is 43.4. The van der Waals surface area contributed by atoms with Gasteiger partial charge in [-0.2, -0.15) is 4.31 Å². The van der Waals surface area contributed by atoms with Crippen LogP contribution in [0.25, 0.3) is 0 Å². The highest BCUT2D eigenvalue weighted by molar-refractivity contribution is 7.89. The predicted molar refractivity (Wildman–Crippen MR) is 142 cm³/mol. The minimum atomic E-state index is -3.85. The van der Waals surface area contributed by atoms with E-state index in [1.807, 2.05) is 27.7 Å². The van der Waals surface area contributed by atoms with Crippen LogP contribution in [0.1, 0.15) is 58.9 Å². The summed E-state index contributed by atoms with van der Waals surface area (Å²) in [5.74, 6) is 0.627. The van der Waals surface area contributed by atoms with Crippen LogP contribution in [-0.4, -0.2) is 41.5 Å². The Balaban J connectivity index is 1.42. The van der Waals surface area contributed by atoms with E-state index in [1.165, 1.54) is 16.4 Å². The van der Waals surface area contributed by atoms with E-state index < -0.39 is 33.0 Å². The molecule has 4 aliphatic rings. The van der Waals surface area contributed by atoms with Crippen LogP contribution < -0.4 is 5.32 Å². The highest BCUT2D eigenvalue weighted by atomic mass is 35.5. The third kappa shape index (κ3) is 4.41. The molecule has 6 rings (SSSR count). The van der Waals surface area contributed by atoms with Crippen molar-refractivity contribution in [1.29, 1.82) is 0 Å². The SMILES string of the molecule is CC(C)CC(=O)[C@H]1N=C(C23CC(N(Cc4ccc(Cl)c(F)c4)S(=O)(=O)c4ccccc4)(C2)C3)NC1(C)C. The summed E-state index contributed by atoms with van der Waals surface area (Å²) in [6.07, 6.45) is 2.30. The van der Waals surface area contributed by atoms with Gasteiger partial charge in [0.15, 0.2) is 5.78 Å². The summed E-state index contributed by atoms with van der Waals surface area (Å²) in [5.41, 5.74) is -0.795. The number of aliphatic imine (C=N–C) groups is 1. The number of rotatable bonds is 9. The van der Waals surface area contributed by atoms with Gasteiger partial charge in [0.05, 0.1) is 15.5 Å². The molecule has 0 radical (unpaired) electrons. The lowest BCUT2D eigenvalue weighted by Crippen LogP contribution is -2.78. The monoisotopic (exact) mass is 545 g/mol. The van der Waals surface area contributed by atoms with Gasteiger partial charge in [-0.05, 0) is 68.9 Å². The first-order valence-corrected chi connectivity index (χ1v) is 14.5. The summed E-state index contributed by atoms with van der Waals surface area (Å²) >= 11 is 5.86. The Morgan fingerprint density at radius 1 is 1.16 bits per heavy atom. The molecular weight excluding hydrogens is 513 g/mol. The van der Waals surface area contributed by atoms with Crippen molar-refractivity contribution >= 4 is 33.2 Å². The molecule has 1 aliphatic heterocycles. The van der Waals surface area contributed by atoms with Gasteiger partial charge in [-0.3, -0.25) is 9.79 Å². The van der Waals surface area contributed by atoms with Gasteiger partial charge in [0.1, 0.15) is 17.7 Å². The van der Waals surface area contributed by atoms with E-state index in [2.05, 4.69) is 5.32 Å². The molecule has 37 heavy (non-hydrogen) atoms. The van der Waals surface area contributed by atoms with Crippen molar-refractivity contribution in [3.05, 3.63) is 64.9 Å². The number of halogens is 2. The van der Waals surface area contributed by atoms with Crippen molar-refractivity contribution in [2.75, 3.05) is 0 Å². The van der Waals surface area contributed by atoms with Gasteiger partial charge in [0.25, 0.3) is 0 Å². The number of hydrogen-bond donors (Lipinski definition) is 1. The molecule has 9 heteroatoms. The van der Waals surface area contributed by atoms with E-state index in [-0.39, 0.29) is 33.6 Å². The van der Waals surface area contributed by atoms with E-state index in [4.69, 9.17) is 16.6 Å². The molecule has 3 fully saturated rings. The normalized spacial score (nSPS) is 27.9. The molecule has 6 nitrogen and oxygen atoms in total. The molecule has 2 aromatic carbocycles. The molecule has 0 aromatic heterocycles. The number of nitrogens with one attached hydrogen (secondary N) is 1. The molecule has 1 heterocycles. The van der Waals surface area contributed by atoms with E-state index in [0.29, 0.717) is 31.2 Å². The maximum atomic E-state index is 14.2. The van der Waals surface area contributed by atoms with Gasteiger partial charge < -0.3 is 5.32 Å². The zero-order valence-electron chi connectivity index (χ0n) is 21.6. The fraction of sp³-hybridized carbons (Fsp3) is 0.500. The minimum absolute atomic E-state index is 0.000173. The van der Waals surface area contributed by atoms with Crippen molar-refractivity contribution in [2.24, 2.45) is 16.3 Å². The summed E-state index contributed by atoms with van der Waals surface area (Å²) in [6.45, 7) is 8.08. The molecular formula is C28H33ClFN3O3S. The number of Topliss-reactive ketones (excluding diaryl/α,β-unsaturated/α-hetero) is 1. The molecule has 0 unspecified atom stereocenters. The maximum Gasteiger partial charge on any atom is 0.243 e. The number of carbonyl (C=O) groups is 1. The lowest BCUT2D eigenvalue weighted by Gasteiger charge is -2.73. The standard InChI is InChI=1S/C28H33ClFN3O3S/c1-18(2)12-23(34)24-26(3,4)32-25(31-24)27-15-28(16-27,17-27)33(14-19-10-11-21(29)22(30)13-19)37(35,36)20-8-6-5-7-9-20/h5-11,13,18,24H,12,14-17H2,1-4H3,(H,31,32)/t24-,27?,28?/m1/s1. The molecule has 1 atom stereocenters. The van der Waals surface area contributed by atoms with Gasteiger partial charge in [0, 0.05) is 23.9 Å². The molecule has 0 amide bonds. The van der Waals surface area contributed by atoms with Crippen LogP contribution in [0, 0.1) is 17.2 Å². The van der Waals surface area contributed by atoms with Crippen molar-refractivity contribution < 1.29 is 17.6 Å². The van der Waals surface area contributed by atoms with Crippen LogP contribution in [-0.2, 0) is 21.4 Å². The van der Waals surface area contributed by atoms with Crippen molar-refractivity contribution in [1.82, 2.24) is 9.62 Å². The molecule has 198 valence electrons. The molecule has 0 saturated heterocycles. The Bertz CT molecular complexity index is 1350. The second-order valence-electron chi connectivity index (χ2n) is 11.9. The van der Waals surface area contributed by atoms with Gasteiger partial charge >= 0.3 is 0 Å². The Morgan fingerprint density at radius 2 is 1.81 bits per heavy atom. The van der Waals surface area contributed by atoms with Crippen molar-refractivity contribution in [2.45, 2.75) is 81.9 Å². The van der Waals surface area contributed by atoms with Gasteiger partial charge in [-0.25, -0.2) is 12.8 Å². The fourth-order valence-electron chi connectivity index (χ4n) is 6.24. The summed E-state index contributed by atoms with van der Waals surface area (Å²) in [7, 11) is -3.85. The topological polar surface area (TPSA) is 78.8 Å². The number of sulfonamides is 1. The van der Waals surface area contributed by atoms with Crippen LogP contribution in [0.3, 0.4) is 0 Å². The van der Waals surface area contributed by atoms with Crippen LogP contribution in [0.5, 0.6) is 0 Å². The van der Waals surface area contributed by atoms with E-state index in [1.54, 1.807) is 36.4 Å². The Hall–Kier alpha value is -2.29. The number of ketones is 1. The van der Waals surface area contributed by atoms with Crippen molar-refractivity contribution in [3.8, 4) is 0 Å². The minimum Gasteiger partial charge on any atom is -0.366 e. The number of benzene rings is 2. The van der Waals surface area contributed by atoms with Crippen LogP contribution in [0.15, 0.2) is 58.4 Å². The lowest BCUT2D eigenvalue weighted by molar-refractivity contribution is -0.151. The lowest BCUT2D eigenvalue weighted by atomic mass is 9.38. The molecule has 3 aliphatic carbocycles. The third-order valence-electron chi connectivity index (χ3n) is 7.97. The summed E-state index contributed by atoms with van der Waals surface area (Å²) in [5, 5.41) is 3.50. The van der Waals surface area contributed by atoms with Crippen LogP contribution in [0.2, 0.25) is 5.02 Å². The number of amidine groups is 1. The highest BCUT2D eigenvalue weighted by Crippen LogP contribution is 2.71. The summed E-state index contributed by atoms with van der Waals surface area (Å²) in [4.78, 5) is 18.0. The van der Waals surface area contributed by atoms with E-state index in [9.17, 15) is 17.6 Å². The van der Waals surface area contributed by atoms with Gasteiger partial charge in [0.2, 0.25) is 10.0 Å². The second-order valence-corrected chi connectivity index (χ2v) is 14.2. The average Bonchev–Trinajstić information content (AvgIpc) is 3.09. The Kier molecular flexibility index (Phi) is 6.32. The molecule has 2 aromatic rings. The quantitative estimate of drug-likeness (QED) is 0.460. The van der Waals surface area contributed by atoms with Gasteiger partial charge in [-0.1, -0.05) is 49.7 Å². The first-order valence-electron chi connectivity index (χ1n) is 12.7. The third-order valence-corrected chi connectivity index (χ3v) is 10.2. The predicted octanol–water partition coefficient (Wildman–Crippen LogP) is 5.36. The average molecular weight is 546 g/mol. The zero-order chi connectivity index (χ0) is 26.8. The number of carbonyl (C=O) groups excluding carboxylic acids is 1. The second kappa shape index (κ2) is 8.89. The first-order chi connectivity index (χ1) is 17.3. The zero-order valence-corrected chi connectivity index (χ0v) is 23.2. The highest BCUT2D eigenvalue weighted by Gasteiger charge is 2.75. The van der Waals surface area contributed by atoms with Crippen LogP contribution in [0.4, 0.5) is 4.39 Å². The van der Waals surface area contributed by atoms with E-state index >= 15 is 0 Å². The largest absolute Gasteiger partial charge is 0.366 e. The number of nitrogens with zero attached hydrogens (tertiary/aromatic N) is 2. The van der Waals surface area contributed by atoms with E-state index in [0.717, 1.165) is 5.84 Å². The Morgan fingerprint density at radius 3 is 2.41 bits per heavy atom. The van der Waals surface area contributed by atoms with Crippen molar-refractivity contribution in [3.63, 3.8) is 0 Å². The molecule has 0 spiro atoms. The Labute approximate surface area is 223 Å². The fourth-order valence-corrected chi connectivity index (χ4v) is 8.13. The molecule has 1 N–H and O–H groups in total. The molecule has 3 saturated carbocycles. The van der Waals surface area contributed by atoms with Crippen LogP contribution >= 0.6 is 11.6 Å². The summed E-state index contributed by atoms with van der Waals surface area (Å²) in [6, 6.07) is 12.3. The van der Waals surface area contributed by atoms with Gasteiger partial charge in [-0.15, -0.1) is 0 Å².